The lowest BCUT2D eigenvalue weighted by molar-refractivity contribution is 0.298. The molecule has 0 saturated heterocycles. The molecule has 0 aliphatic rings. The van der Waals surface area contributed by atoms with Crippen LogP contribution in [0.15, 0.2) is 54.7 Å². The summed E-state index contributed by atoms with van der Waals surface area (Å²) in [6.07, 6.45) is 2.88. The Balaban J connectivity index is 1.51. The summed E-state index contributed by atoms with van der Waals surface area (Å²) in [5.41, 5.74) is 4.42. The third-order valence-electron chi connectivity index (χ3n) is 4.33. The third kappa shape index (κ3) is 4.63. The van der Waals surface area contributed by atoms with Crippen LogP contribution in [0.2, 0.25) is 0 Å². The molecule has 0 amide bonds. The van der Waals surface area contributed by atoms with E-state index in [-0.39, 0.29) is 0 Å². The van der Waals surface area contributed by atoms with Gasteiger partial charge in [0.15, 0.2) is 0 Å². The van der Waals surface area contributed by atoms with Crippen molar-refractivity contribution in [3.8, 4) is 17.0 Å². The van der Waals surface area contributed by atoms with E-state index in [2.05, 4.69) is 53.7 Å². The molecule has 1 N–H and O–H groups in total. The van der Waals surface area contributed by atoms with E-state index in [9.17, 15) is 0 Å². The molecule has 0 aliphatic carbocycles. The van der Waals surface area contributed by atoms with Crippen LogP contribution in [0.1, 0.15) is 31.7 Å². The van der Waals surface area contributed by atoms with Crippen LogP contribution in [0.25, 0.3) is 11.3 Å². The first-order valence-corrected chi connectivity index (χ1v) is 9.07. The van der Waals surface area contributed by atoms with Crippen molar-refractivity contribution in [2.45, 2.75) is 32.7 Å². The molecular weight excluding hydrogens is 324 g/mol. The number of nitrogens with one attached hydrogen (secondary N) is 1. The zero-order valence-electron chi connectivity index (χ0n) is 15.6. The van der Waals surface area contributed by atoms with Crippen molar-refractivity contribution in [2.75, 3.05) is 19.0 Å². The normalized spacial score (nSPS) is 10.9. The zero-order valence-corrected chi connectivity index (χ0v) is 15.6. The molecule has 2 aromatic carbocycles. The van der Waals surface area contributed by atoms with Crippen molar-refractivity contribution in [3.63, 3.8) is 0 Å². The fourth-order valence-electron chi connectivity index (χ4n) is 2.73. The lowest BCUT2D eigenvalue weighted by Crippen LogP contribution is -2.05. The molecule has 0 atom stereocenters. The highest BCUT2D eigenvalue weighted by Crippen LogP contribution is 2.22. The molecule has 5 heteroatoms. The molecule has 0 spiro atoms. The highest BCUT2D eigenvalue weighted by molar-refractivity contribution is 5.58. The first kappa shape index (κ1) is 18.0. The minimum Gasteiger partial charge on any atom is -0.494 e. The maximum Gasteiger partial charge on any atom is 0.119 e. The van der Waals surface area contributed by atoms with Crippen LogP contribution in [-0.4, -0.2) is 28.6 Å². The Bertz CT molecular complexity index is 824. The predicted molar refractivity (Wildman–Crippen MR) is 106 cm³/mol. The van der Waals surface area contributed by atoms with Gasteiger partial charge in [0, 0.05) is 31.3 Å². The van der Waals surface area contributed by atoms with Crippen LogP contribution < -0.4 is 10.1 Å². The average molecular weight is 350 g/mol. The van der Waals surface area contributed by atoms with Crippen molar-refractivity contribution in [1.82, 2.24) is 15.0 Å². The number of rotatable bonds is 8. The summed E-state index contributed by atoms with van der Waals surface area (Å²) in [6.45, 7) is 5.83. The Morgan fingerprint density at radius 3 is 2.65 bits per heavy atom. The number of anilines is 1. The van der Waals surface area contributed by atoms with Gasteiger partial charge in [0.2, 0.25) is 0 Å². The summed E-state index contributed by atoms with van der Waals surface area (Å²) in [5, 5.41) is 11.6. The van der Waals surface area contributed by atoms with Gasteiger partial charge in [-0.05, 0) is 41.8 Å². The quantitative estimate of drug-likeness (QED) is 0.604. The Morgan fingerprint density at radius 2 is 1.92 bits per heavy atom. The van der Waals surface area contributed by atoms with E-state index in [1.807, 2.05) is 42.2 Å². The molecule has 136 valence electrons. The zero-order chi connectivity index (χ0) is 18.4. The maximum atomic E-state index is 5.77. The van der Waals surface area contributed by atoms with Gasteiger partial charge in [-0.15, -0.1) is 5.10 Å². The van der Waals surface area contributed by atoms with Gasteiger partial charge in [-0.1, -0.05) is 37.3 Å². The van der Waals surface area contributed by atoms with Gasteiger partial charge in [0.25, 0.3) is 0 Å². The second-order valence-electron chi connectivity index (χ2n) is 6.62. The van der Waals surface area contributed by atoms with E-state index in [0.717, 1.165) is 35.7 Å². The molecule has 0 bridgehead atoms. The van der Waals surface area contributed by atoms with Gasteiger partial charge in [0.1, 0.15) is 11.4 Å². The number of hydrogen-bond acceptors (Lipinski definition) is 4. The topological polar surface area (TPSA) is 52.0 Å². The minimum absolute atomic E-state index is 0.504. The molecule has 0 fully saturated rings. The lowest BCUT2D eigenvalue weighted by atomic mass is 10.00. The highest BCUT2D eigenvalue weighted by atomic mass is 16.5. The number of benzene rings is 2. The van der Waals surface area contributed by atoms with Gasteiger partial charge in [-0.25, -0.2) is 0 Å². The molecule has 0 radical (unpaired) electrons. The summed E-state index contributed by atoms with van der Waals surface area (Å²) in [7, 11) is 1.90. The van der Waals surface area contributed by atoms with Gasteiger partial charge in [0.05, 0.1) is 12.8 Å². The number of aromatic nitrogens is 3. The van der Waals surface area contributed by atoms with Crippen LogP contribution in [0.3, 0.4) is 0 Å². The molecular formula is C21H26N4O. The second kappa shape index (κ2) is 8.52. The number of hydrogen-bond donors (Lipinski definition) is 1. The van der Waals surface area contributed by atoms with Crippen molar-refractivity contribution < 1.29 is 4.74 Å². The van der Waals surface area contributed by atoms with E-state index in [1.165, 1.54) is 5.56 Å². The fourth-order valence-corrected chi connectivity index (χ4v) is 2.73. The highest BCUT2D eigenvalue weighted by Gasteiger charge is 2.06. The van der Waals surface area contributed by atoms with Crippen molar-refractivity contribution in [1.29, 1.82) is 0 Å². The SMILES string of the molecule is CNc1ccc(OCCCn2cc(-c3cccc(C(C)C)c3)nn2)cc1. The Hall–Kier alpha value is -2.82. The van der Waals surface area contributed by atoms with Gasteiger partial charge < -0.3 is 10.1 Å². The molecule has 5 nitrogen and oxygen atoms in total. The molecule has 1 aromatic heterocycles. The number of nitrogens with zero attached hydrogens (tertiary/aromatic N) is 3. The second-order valence-corrected chi connectivity index (χ2v) is 6.62. The minimum atomic E-state index is 0.504. The summed E-state index contributed by atoms with van der Waals surface area (Å²) in [5.74, 6) is 1.39. The molecule has 3 rings (SSSR count). The van der Waals surface area contributed by atoms with Crippen LogP contribution in [0, 0.1) is 0 Å². The monoisotopic (exact) mass is 350 g/mol. The largest absolute Gasteiger partial charge is 0.494 e. The average Bonchev–Trinajstić information content (AvgIpc) is 3.15. The summed E-state index contributed by atoms with van der Waals surface area (Å²) < 4.78 is 7.65. The van der Waals surface area contributed by atoms with Crippen LogP contribution in [-0.2, 0) is 6.54 Å². The standard InChI is InChI=1S/C21H26N4O/c1-16(2)17-6-4-7-18(14-17)21-15-25(24-23-21)12-5-13-26-20-10-8-19(22-3)9-11-20/h4,6-11,14-16,22H,5,12-13H2,1-3H3. The van der Waals surface area contributed by atoms with Crippen LogP contribution >= 0.6 is 0 Å². The summed E-state index contributed by atoms with van der Waals surface area (Å²) in [6, 6.07) is 16.5. The Kier molecular flexibility index (Phi) is 5.89. The van der Waals surface area contributed by atoms with Crippen molar-refractivity contribution >= 4 is 5.69 Å². The van der Waals surface area contributed by atoms with Gasteiger partial charge in [-0.2, -0.15) is 0 Å². The number of ether oxygens (including phenoxy) is 1. The summed E-state index contributed by atoms with van der Waals surface area (Å²) >= 11 is 0. The van der Waals surface area contributed by atoms with E-state index in [1.54, 1.807) is 0 Å². The smallest absolute Gasteiger partial charge is 0.119 e. The molecule has 1 heterocycles. The first-order valence-electron chi connectivity index (χ1n) is 9.07. The van der Waals surface area contributed by atoms with Crippen molar-refractivity contribution in [2.24, 2.45) is 0 Å². The van der Waals surface area contributed by atoms with Gasteiger partial charge >= 0.3 is 0 Å². The Labute approximate surface area is 155 Å². The first-order chi connectivity index (χ1) is 12.7. The fraction of sp³-hybridized carbons (Fsp3) is 0.333. The summed E-state index contributed by atoms with van der Waals surface area (Å²) in [4.78, 5) is 0. The van der Waals surface area contributed by atoms with Crippen LogP contribution in [0.5, 0.6) is 5.75 Å². The number of aryl methyl sites for hydroxylation is 1. The molecule has 26 heavy (non-hydrogen) atoms. The van der Waals surface area contributed by atoms with Crippen molar-refractivity contribution in [3.05, 3.63) is 60.3 Å². The molecule has 0 aliphatic heterocycles. The van der Waals surface area contributed by atoms with E-state index >= 15 is 0 Å². The maximum absolute atomic E-state index is 5.77. The molecule has 0 unspecified atom stereocenters. The van der Waals surface area contributed by atoms with Gasteiger partial charge in [-0.3, -0.25) is 4.68 Å². The van der Waals surface area contributed by atoms with Crippen LogP contribution in [0.4, 0.5) is 5.69 Å². The molecule has 3 aromatic rings. The van der Waals surface area contributed by atoms with E-state index in [4.69, 9.17) is 4.74 Å². The lowest BCUT2D eigenvalue weighted by Gasteiger charge is -2.07. The van der Waals surface area contributed by atoms with E-state index in [0.29, 0.717) is 12.5 Å². The molecule has 0 saturated carbocycles. The third-order valence-corrected chi connectivity index (χ3v) is 4.33. The van der Waals surface area contributed by atoms with E-state index < -0.39 is 0 Å². The predicted octanol–water partition coefficient (Wildman–Crippen LogP) is 4.58. The Morgan fingerprint density at radius 1 is 1.12 bits per heavy atom.